The number of hydrogen-bond acceptors (Lipinski definition) is 4. The molecule has 0 bridgehead atoms. The lowest BCUT2D eigenvalue weighted by Crippen LogP contribution is -2.28. The molecule has 0 saturated heterocycles. The van der Waals surface area contributed by atoms with Gasteiger partial charge in [-0.2, -0.15) is 0 Å². The first-order chi connectivity index (χ1) is 9.06. The van der Waals surface area contributed by atoms with Crippen LogP contribution in [0.25, 0.3) is 0 Å². The zero-order chi connectivity index (χ0) is 14.0. The van der Waals surface area contributed by atoms with E-state index in [-0.39, 0.29) is 17.3 Å². The summed E-state index contributed by atoms with van der Waals surface area (Å²) in [6.07, 6.45) is 3.69. The molecule has 0 atom stereocenters. The van der Waals surface area contributed by atoms with Gasteiger partial charge < -0.3 is 0 Å². The number of Topliss-reactive ketones (excluding diaryl/α,β-unsaturated/α-hetero) is 1. The Morgan fingerprint density at radius 2 is 1.89 bits per heavy atom. The number of hydroxylamine groups is 2. The number of fused-ring (bicyclic) bond motifs is 1. The van der Waals surface area contributed by atoms with E-state index in [2.05, 4.69) is 0 Å². The Hall–Kier alpha value is -2.20. The minimum atomic E-state index is -0.346. The van der Waals surface area contributed by atoms with Gasteiger partial charge in [-0.3, -0.25) is 14.8 Å². The van der Waals surface area contributed by atoms with Crippen molar-refractivity contribution in [2.75, 3.05) is 0 Å². The number of ketones is 2. The van der Waals surface area contributed by atoms with Gasteiger partial charge in [-0.1, -0.05) is 37.3 Å². The molecule has 0 aliphatic heterocycles. The van der Waals surface area contributed by atoms with Crippen LogP contribution in [0.15, 0.2) is 47.8 Å². The third kappa shape index (κ3) is 2.35. The van der Waals surface area contributed by atoms with Gasteiger partial charge in [0.1, 0.15) is 5.70 Å². The fourth-order valence-corrected chi connectivity index (χ4v) is 2.03. The highest BCUT2D eigenvalue weighted by Crippen LogP contribution is 2.24. The number of allylic oxidation sites excluding steroid dienone is 4. The summed E-state index contributed by atoms with van der Waals surface area (Å²) in [7, 11) is 0. The van der Waals surface area contributed by atoms with Crippen molar-refractivity contribution in [2.24, 2.45) is 0 Å². The molecule has 1 aliphatic carbocycles. The monoisotopic (exact) mass is 257 g/mol. The highest BCUT2D eigenvalue weighted by molar-refractivity contribution is 6.24. The highest BCUT2D eigenvalue weighted by Gasteiger charge is 2.28. The summed E-state index contributed by atoms with van der Waals surface area (Å²) >= 11 is 0. The van der Waals surface area contributed by atoms with E-state index >= 15 is 0 Å². The molecule has 0 radical (unpaired) electrons. The Morgan fingerprint density at radius 1 is 1.26 bits per heavy atom. The Kier molecular flexibility index (Phi) is 3.62. The van der Waals surface area contributed by atoms with Crippen molar-refractivity contribution in [3.63, 3.8) is 0 Å². The first kappa shape index (κ1) is 13.2. The molecule has 4 nitrogen and oxygen atoms in total. The van der Waals surface area contributed by atoms with Crippen LogP contribution in [-0.4, -0.2) is 21.8 Å². The Morgan fingerprint density at radius 3 is 2.53 bits per heavy atom. The molecule has 1 aromatic carbocycles. The molecule has 1 aliphatic rings. The molecule has 0 heterocycles. The van der Waals surface area contributed by atoms with Crippen LogP contribution in [0.5, 0.6) is 0 Å². The molecular formula is C15H15NO3. The third-order valence-electron chi connectivity index (χ3n) is 3.00. The van der Waals surface area contributed by atoms with Crippen LogP contribution in [0.3, 0.4) is 0 Å². The topological polar surface area (TPSA) is 57.6 Å². The van der Waals surface area contributed by atoms with Crippen molar-refractivity contribution >= 4 is 11.6 Å². The van der Waals surface area contributed by atoms with E-state index in [1.165, 1.54) is 6.08 Å². The molecule has 0 fully saturated rings. The largest absolute Gasteiger partial charge is 0.289 e. The summed E-state index contributed by atoms with van der Waals surface area (Å²) in [5, 5.41) is 10.8. The highest BCUT2D eigenvalue weighted by atomic mass is 16.5. The van der Waals surface area contributed by atoms with Gasteiger partial charge in [-0.15, -0.1) is 0 Å². The quantitative estimate of drug-likeness (QED) is 0.846. The number of benzene rings is 1. The summed E-state index contributed by atoms with van der Waals surface area (Å²) in [4.78, 5) is 24.2. The maximum atomic E-state index is 12.3. The first-order valence-corrected chi connectivity index (χ1v) is 6.11. The summed E-state index contributed by atoms with van der Waals surface area (Å²) in [5.74, 6) is -0.616. The van der Waals surface area contributed by atoms with Gasteiger partial charge in [0.2, 0.25) is 5.78 Å². The SMILES string of the molecule is CCC=C(C)N(O)C1=CC(=O)c2ccccc2C1=O. The standard InChI is InChI=1S/C15H15NO3/c1-3-6-10(2)16(19)13-9-14(17)11-7-4-5-8-12(11)15(13)18/h4-9,19H,3H2,1-2H3. The molecule has 98 valence electrons. The second-order valence-electron chi connectivity index (χ2n) is 4.33. The van der Waals surface area contributed by atoms with Gasteiger partial charge in [-0.25, -0.2) is 5.06 Å². The average Bonchev–Trinajstić information content (AvgIpc) is 2.42. The Bertz CT molecular complexity index is 599. The maximum absolute atomic E-state index is 12.3. The second kappa shape index (κ2) is 5.20. The van der Waals surface area contributed by atoms with Gasteiger partial charge >= 0.3 is 0 Å². The van der Waals surface area contributed by atoms with Crippen LogP contribution in [-0.2, 0) is 0 Å². The number of nitrogens with zero attached hydrogens (tertiary/aromatic N) is 1. The summed E-state index contributed by atoms with van der Waals surface area (Å²) in [5.41, 5.74) is 1.22. The molecule has 0 unspecified atom stereocenters. The van der Waals surface area contributed by atoms with E-state index in [1.54, 1.807) is 37.3 Å². The molecule has 0 amide bonds. The van der Waals surface area contributed by atoms with Gasteiger partial charge in [0.15, 0.2) is 5.78 Å². The van der Waals surface area contributed by atoms with E-state index in [0.29, 0.717) is 16.8 Å². The number of hydrogen-bond donors (Lipinski definition) is 1. The lowest BCUT2D eigenvalue weighted by molar-refractivity contribution is -0.0182. The first-order valence-electron chi connectivity index (χ1n) is 6.11. The van der Waals surface area contributed by atoms with Crippen molar-refractivity contribution in [3.8, 4) is 0 Å². The van der Waals surface area contributed by atoms with Gasteiger partial charge in [-0.05, 0) is 13.3 Å². The van der Waals surface area contributed by atoms with Gasteiger partial charge in [0.05, 0.1) is 0 Å². The van der Waals surface area contributed by atoms with E-state index in [4.69, 9.17) is 0 Å². The second-order valence-corrected chi connectivity index (χ2v) is 4.33. The minimum absolute atomic E-state index is 0.00843. The molecule has 4 heteroatoms. The van der Waals surface area contributed by atoms with Crippen LogP contribution in [0.4, 0.5) is 0 Å². The van der Waals surface area contributed by atoms with Crippen molar-refractivity contribution in [2.45, 2.75) is 20.3 Å². The molecule has 1 aromatic rings. The number of carbonyl (C=O) groups is 2. The van der Waals surface area contributed by atoms with Crippen molar-refractivity contribution in [1.29, 1.82) is 0 Å². The van der Waals surface area contributed by atoms with Crippen LogP contribution in [0, 0.1) is 0 Å². The summed E-state index contributed by atoms with van der Waals surface area (Å²) in [6.45, 7) is 3.61. The lowest BCUT2D eigenvalue weighted by Gasteiger charge is -2.23. The van der Waals surface area contributed by atoms with Gasteiger partial charge in [0.25, 0.3) is 0 Å². The van der Waals surface area contributed by atoms with Crippen molar-refractivity contribution < 1.29 is 14.8 Å². The molecule has 2 rings (SSSR count). The molecule has 0 spiro atoms. The normalized spacial score (nSPS) is 15.1. The third-order valence-corrected chi connectivity index (χ3v) is 3.00. The molecule has 0 saturated carbocycles. The molecule has 0 aromatic heterocycles. The predicted octanol–water partition coefficient (Wildman–Crippen LogP) is 2.95. The van der Waals surface area contributed by atoms with Crippen molar-refractivity contribution in [3.05, 3.63) is 58.9 Å². The lowest BCUT2D eigenvalue weighted by atomic mass is 9.92. The maximum Gasteiger partial charge on any atom is 0.212 e. The smallest absolute Gasteiger partial charge is 0.212 e. The van der Waals surface area contributed by atoms with E-state index in [0.717, 1.165) is 11.5 Å². The summed E-state index contributed by atoms with van der Waals surface area (Å²) < 4.78 is 0. The van der Waals surface area contributed by atoms with E-state index in [9.17, 15) is 14.8 Å². The Labute approximate surface area is 111 Å². The molecular weight excluding hydrogens is 242 g/mol. The van der Waals surface area contributed by atoms with Crippen LogP contribution < -0.4 is 0 Å². The van der Waals surface area contributed by atoms with Crippen molar-refractivity contribution in [1.82, 2.24) is 5.06 Å². The predicted molar refractivity (Wildman–Crippen MR) is 70.9 cm³/mol. The van der Waals surface area contributed by atoms with Crippen LogP contribution >= 0.6 is 0 Å². The van der Waals surface area contributed by atoms with E-state index in [1.807, 2.05) is 6.92 Å². The number of rotatable bonds is 3. The molecule has 1 N–H and O–H groups in total. The zero-order valence-corrected chi connectivity index (χ0v) is 10.9. The van der Waals surface area contributed by atoms with E-state index < -0.39 is 0 Å². The minimum Gasteiger partial charge on any atom is -0.289 e. The fraction of sp³-hybridized carbons (Fsp3) is 0.200. The van der Waals surface area contributed by atoms with Gasteiger partial charge in [0, 0.05) is 22.9 Å². The van der Waals surface area contributed by atoms with Crippen LogP contribution in [0.1, 0.15) is 41.0 Å². The Balaban J connectivity index is 2.43. The summed E-state index contributed by atoms with van der Waals surface area (Å²) in [6, 6.07) is 6.61. The number of carbonyl (C=O) groups excluding carboxylic acids is 2. The fourth-order valence-electron chi connectivity index (χ4n) is 2.03. The van der Waals surface area contributed by atoms with Crippen LogP contribution in [0.2, 0.25) is 0 Å². The molecule has 19 heavy (non-hydrogen) atoms. The average molecular weight is 257 g/mol. The zero-order valence-electron chi connectivity index (χ0n) is 10.9.